The lowest BCUT2D eigenvalue weighted by Crippen LogP contribution is -2.51. The Balaban J connectivity index is 1.89. The third-order valence-electron chi connectivity index (χ3n) is 5.22. The Kier molecular flexibility index (Phi) is 8.10. The number of amides is 2. The van der Waals surface area contributed by atoms with Crippen molar-refractivity contribution >= 4 is 23.4 Å². The second-order valence-electron chi connectivity index (χ2n) is 8.21. The molecule has 1 atom stereocenters. The third-order valence-corrected chi connectivity index (χ3v) is 5.52. The zero-order valence-corrected chi connectivity index (χ0v) is 19.5. The van der Waals surface area contributed by atoms with Crippen molar-refractivity contribution in [1.82, 2.24) is 20.4 Å². The number of hydrogen-bond donors (Lipinski definition) is 2. The number of carbonyl (C=O) groups is 2. The van der Waals surface area contributed by atoms with E-state index in [4.69, 9.17) is 11.6 Å². The summed E-state index contributed by atoms with van der Waals surface area (Å²) in [6.07, 6.45) is -13.2. The van der Waals surface area contributed by atoms with Crippen molar-refractivity contribution in [2.24, 2.45) is 0 Å². The molecule has 0 spiro atoms. The van der Waals surface area contributed by atoms with Gasteiger partial charge in [0.2, 0.25) is 5.91 Å². The Hall–Kier alpha value is -3.61. The highest BCUT2D eigenvalue weighted by Crippen LogP contribution is 2.35. The molecule has 38 heavy (non-hydrogen) atoms. The molecular weight excluding hydrogens is 558 g/mol. The topological polar surface area (TPSA) is 109 Å². The van der Waals surface area contributed by atoms with Crippen LogP contribution in [0.4, 0.5) is 35.1 Å². The molecule has 1 aliphatic rings. The first-order valence-corrected chi connectivity index (χ1v) is 10.9. The van der Waals surface area contributed by atoms with E-state index in [0.29, 0.717) is 0 Å². The number of nitrogens with zero attached hydrogens (tertiary/aromatic N) is 3. The van der Waals surface area contributed by atoms with Gasteiger partial charge in [0.15, 0.2) is 5.69 Å². The standard InChI is InChI=1S/C21H16ClF8N5O3/c22-11-5-10(1-2-14(11)38-21(28,29)30)6-12(17(36)33-19(9-31)3-4-19)32-18(37)13-7-15(20(25,26)27)34-35(13)8-16(23)24/h1-2,5,7,12,16H,3-4,6,8H2,(H,32,37)(H,33,36). The Morgan fingerprint density at radius 3 is 2.34 bits per heavy atom. The van der Waals surface area contributed by atoms with Gasteiger partial charge in [-0.3, -0.25) is 14.3 Å². The number of nitrogens with one attached hydrogen (secondary N) is 2. The fraction of sp³-hybridized carbons (Fsp3) is 0.429. The van der Waals surface area contributed by atoms with Crippen LogP contribution in [0.3, 0.4) is 0 Å². The van der Waals surface area contributed by atoms with Crippen molar-refractivity contribution in [3.8, 4) is 11.8 Å². The molecule has 1 unspecified atom stereocenters. The number of hydrogen-bond acceptors (Lipinski definition) is 5. The number of alkyl halides is 8. The second kappa shape index (κ2) is 10.6. The molecule has 1 aromatic heterocycles. The fourth-order valence-electron chi connectivity index (χ4n) is 3.28. The molecule has 2 aromatic rings. The average molecular weight is 574 g/mol. The molecule has 2 amide bonds. The first kappa shape index (κ1) is 29.0. The summed E-state index contributed by atoms with van der Waals surface area (Å²) in [5.74, 6) is -3.09. The van der Waals surface area contributed by atoms with E-state index in [2.05, 4.69) is 20.5 Å². The zero-order valence-electron chi connectivity index (χ0n) is 18.8. The van der Waals surface area contributed by atoms with E-state index < -0.39 is 77.5 Å². The first-order valence-electron chi connectivity index (χ1n) is 10.5. The number of carbonyl (C=O) groups excluding carboxylic acids is 2. The number of ether oxygens (including phenoxy) is 1. The van der Waals surface area contributed by atoms with Crippen molar-refractivity contribution in [3.63, 3.8) is 0 Å². The van der Waals surface area contributed by atoms with Crippen LogP contribution < -0.4 is 15.4 Å². The van der Waals surface area contributed by atoms with Crippen LogP contribution >= 0.6 is 11.6 Å². The van der Waals surface area contributed by atoms with Gasteiger partial charge < -0.3 is 15.4 Å². The van der Waals surface area contributed by atoms with Gasteiger partial charge in [-0.2, -0.15) is 23.5 Å². The molecule has 8 nitrogen and oxygen atoms in total. The van der Waals surface area contributed by atoms with Gasteiger partial charge >= 0.3 is 12.5 Å². The van der Waals surface area contributed by atoms with Crippen molar-refractivity contribution in [3.05, 3.63) is 46.2 Å². The maximum Gasteiger partial charge on any atom is 0.573 e. The summed E-state index contributed by atoms with van der Waals surface area (Å²) in [6.45, 7) is -1.36. The summed E-state index contributed by atoms with van der Waals surface area (Å²) in [5, 5.41) is 16.2. The van der Waals surface area contributed by atoms with E-state index in [1.807, 2.05) is 6.07 Å². The maximum absolute atomic E-state index is 13.1. The molecule has 206 valence electrons. The SMILES string of the molecule is N#CC1(NC(=O)C(Cc2ccc(OC(F)(F)F)c(Cl)c2)NC(=O)c2cc(C(F)(F)F)nn2CC(F)F)CC1. The highest BCUT2D eigenvalue weighted by Gasteiger charge is 2.46. The highest BCUT2D eigenvalue weighted by atomic mass is 35.5. The molecule has 1 aromatic carbocycles. The summed E-state index contributed by atoms with van der Waals surface area (Å²) >= 11 is 5.81. The number of rotatable bonds is 9. The predicted molar refractivity (Wildman–Crippen MR) is 112 cm³/mol. The lowest BCUT2D eigenvalue weighted by atomic mass is 10.0. The van der Waals surface area contributed by atoms with Gasteiger partial charge in [-0.15, -0.1) is 13.2 Å². The number of benzene rings is 1. The van der Waals surface area contributed by atoms with Gasteiger partial charge in [-0.05, 0) is 30.5 Å². The lowest BCUT2D eigenvalue weighted by Gasteiger charge is -2.21. The summed E-state index contributed by atoms with van der Waals surface area (Å²) in [7, 11) is 0. The first-order chi connectivity index (χ1) is 17.5. The van der Waals surface area contributed by atoms with Crippen LogP contribution in [0.25, 0.3) is 0 Å². The van der Waals surface area contributed by atoms with Crippen molar-refractivity contribution < 1.29 is 49.4 Å². The molecule has 17 heteroatoms. The zero-order chi connectivity index (χ0) is 28.5. The Morgan fingerprint density at radius 1 is 1.18 bits per heavy atom. The number of halogens is 9. The minimum Gasteiger partial charge on any atom is -0.404 e. The van der Waals surface area contributed by atoms with Gasteiger partial charge in [0.25, 0.3) is 12.3 Å². The molecule has 0 aliphatic heterocycles. The van der Waals surface area contributed by atoms with E-state index in [-0.39, 0.29) is 29.2 Å². The van der Waals surface area contributed by atoms with Crippen molar-refractivity contribution in [2.75, 3.05) is 0 Å². The maximum atomic E-state index is 13.1. The van der Waals surface area contributed by atoms with Crippen LogP contribution in [0.5, 0.6) is 5.75 Å². The van der Waals surface area contributed by atoms with Gasteiger partial charge in [0, 0.05) is 12.5 Å². The van der Waals surface area contributed by atoms with Crippen LogP contribution in [0.2, 0.25) is 5.02 Å². The Bertz CT molecular complexity index is 1250. The third kappa shape index (κ3) is 7.46. The lowest BCUT2D eigenvalue weighted by molar-refractivity contribution is -0.274. The Labute approximate surface area is 213 Å². The van der Waals surface area contributed by atoms with E-state index in [0.717, 1.165) is 18.2 Å². The number of aromatic nitrogens is 2. The van der Waals surface area contributed by atoms with Crippen LogP contribution in [-0.4, -0.2) is 46.0 Å². The molecule has 0 radical (unpaired) electrons. The normalized spacial score (nSPS) is 15.5. The van der Waals surface area contributed by atoms with E-state index in [9.17, 15) is 50.0 Å². The predicted octanol–water partition coefficient (Wildman–Crippen LogP) is 4.23. The van der Waals surface area contributed by atoms with Gasteiger partial charge in [-0.25, -0.2) is 8.78 Å². The molecule has 2 N–H and O–H groups in total. The van der Waals surface area contributed by atoms with Crippen LogP contribution in [0, 0.1) is 11.3 Å². The molecule has 1 saturated carbocycles. The van der Waals surface area contributed by atoms with Crippen LogP contribution in [0.15, 0.2) is 24.3 Å². The monoisotopic (exact) mass is 573 g/mol. The summed E-state index contributed by atoms with van der Waals surface area (Å²) in [4.78, 5) is 25.7. The molecule has 0 bridgehead atoms. The van der Waals surface area contributed by atoms with Crippen LogP contribution in [0.1, 0.15) is 34.6 Å². The van der Waals surface area contributed by atoms with E-state index in [1.54, 1.807) is 0 Å². The molecule has 1 aliphatic carbocycles. The van der Waals surface area contributed by atoms with Gasteiger partial charge in [0.05, 0.1) is 11.1 Å². The molecular formula is C21H16ClF8N5O3. The summed E-state index contributed by atoms with van der Waals surface area (Å²) in [5.41, 5.74) is -3.70. The largest absolute Gasteiger partial charge is 0.573 e. The number of nitriles is 1. The fourth-order valence-corrected chi connectivity index (χ4v) is 3.52. The Morgan fingerprint density at radius 2 is 1.84 bits per heavy atom. The van der Waals surface area contributed by atoms with Gasteiger partial charge in [0.1, 0.15) is 29.6 Å². The average Bonchev–Trinajstić information content (AvgIpc) is 3.42. The summed E-state index contributed by atoms with van der Waals surface area (Å²) < 4.78 is 106. The minimum absolute atomic E-state index is 0.0869. The van der Waals surface area contributed by atoms with Crippen molar-refractivity contribution in [1.29, 1.82) is 5.26 Å². The molecule has 1 heterocycles. The second-order valence-corrected chi connectivity index (χ2v) is 8.62. The van der Waals surface area contributed by atoms with E-state index >= 15 is 0 Å². The molecule has 1 fully saturated rings. The summed E-state index contributed by atoms with van der Waals surface area (Å²) in [6, 6.07) is 3.40. The highest BCUT2D eigenvalue weighted by molar-refractivity contribution is 6.32. The minimum atomic E-state index is -5.07. The van der Waals surface area contributed by atoms with Crippen LogP contribution in [-0.2, 0) is 23.9 Å². The van der Waals surface area contributed by atoms with Crippen molar-refractivity contribution in [2.45, 2.75) is 56.4 Å². The molecule has 0 saturated heterocycles. The smallest absolute Gasteiger partial charge is 0.404 e. The van der Waals surface area contributed by atoms with E-state index in [1.165, 1.54) is 0 Å². The molecule has 3 rings (SSSR count). The quantitative estimate of drug-likeness (QED) is 0.437. The van der Waals surface area contributed by atoms with Gasteiger partial charge in [-0.1, -0.05) is 17.7 Å².